The van der Waals surface area contributed by atoms with Gasteiger partial charge in [-0.2, -0.15) is 0 Å². The van der Waals surface area contributed by atoms with Gasteiger partial charge in [-0.25, -0.2) is 0 Å². The predicted molar refractivity (Wildman–Crippen MR) is 122 cm³/mol. The quantitative estimate of drug-likeness (QED) is 0.405. The van der Waals surface area contributed by atoms with Gasteiger partial charge in [0.25, 0.3) is 5.91 Å². The van der Waals surface area contributed by atoms with Gasteiger partial charge in [0.2, 0.25) is 5.13 Å². The Balaban J connectivity index is 1.52. The summed E-state index contributed by atoms with van der Waals surface area (Å²) in [5, 5.41) is 16.7. The maximum Gasteiger partial charge on any atom is 0.263 e. The molecule has 0 spiro atoms. The molecule has 0 fully saturated rings. The van der Waals surface area contributed by atoms with Gasteiger partial charge in [0.15, 0.2) is 11.5 Å². The van der Waals surface area contributed by atoms with E-state index in [1.807, 2.05) is 24.3 Å². The van der Waals surface area contributed by atoms with E-state index in [4.69, 9.17) is 25.6 Å². The highest BCUT2D eigenvalue weighted by atomic mass is 35.5. The van der Waals surface area contributed by atoms with Crippen LogP contribution in [-0.2, 0) is 6.42 Å². The summed E-state index contributed by atoms with van der Waals surface area (Å²) in [6.07, 6.45) is 0.533. The number of methoxy groups -OCH3 is 2. The number of nitrogens with zero attached hydrogens (tertiary/aromatic N) is 3. The Morgan fingerprint density at radius 1 is 1.12 bits per heavy atom. The molecule has 0 aliphatic rings. The Kier molecular flexibility index (Phi) is 6.38. The molecular formula is C22H19ClN4O4S. The molecule has 0 bridgehead atoms. The number of aromatic nitrogens is 3. The van der Waals surface area contributed by atoms with E-state index in [2.05, 4.69) is 20.7 Å². The van der Waals surface area contributed by atoms with Gasteiger partial charge < -0.3 is 14.0 Å². The smallest absolute Gasteiger partial charge is 0.263 e. The minimum atomic E-state index is -0.396. The Hall–Kier alpha value is -3.43. The largest absolute Gasteiger partial charge is 0.493 e. The summed E-state index contributed by atoms with van der Waals surface area (Å²) < 4.78 is 15.9. The maximum atomic E-state index is 13.0. The normalized spacial score (nSPS) is 10.8. The van der Waals surface area contributed by atoms with Crippen molar-refractivity contribution in [3.05, 3.63) is 69.4 Å². The molecule has 8 nitrogen and oxygen atoms in total. The second-order valence-electron chi connectivity index (χ2n) is 6.76. The van der Waals surface area contributed by atoms with Gasteiger partial charge in [0, 0.05) is 12.0 Å². The van der Waals surface area contributed by atoms with E-state index in [9.17, 15) is 4.79 Å². The van der Waals surface area contributed by atoms with Crippen LogP contribution in [-0.4, -0.2) is 35.5 Å². The van der Waals surface area contributed by atoms with Crippen LogP contribution in [0.1, 0.15) is 26.7 Å². The topological polar surface area (TPSA) is 99.4 Å². The summed E-state index contributed by atoms with van der Waals surface area (Å²) in [6, 6.07) is 12.8. The Labute approximate surface area is 193 Å². The molecule has 32 heavy (non-hydrogen) atoms. The molecule has 1 N–H and O–H groups in total. The lowest BCUT2D eigenvalue weighted by Crippen LogP contribution is -2.13. The standard InChI is InChI=1S/C22H19ClN4O4S/c1-12-19(20(27-31-12)14-6-4-5-7-15(14)23)21(28)24-22-26-25-18(32-22)11-13-8-9-16(29-2)17(10-13)30-3/h4-10H,11H2,1-3H3,(H,24,26,28). The second-order valence-corrected chi connectivity index (χ2v) is 8.23. The fraction of sp³-hybridized carbons (Fsp3) is 0.182. The molecule has 0 aliphatic carbocycles. The molecule has 2 aromatic carbocycles. The number of amides is 1. The summed E-state index contributed by atoms with van der Waals surface area (Å²) in [7, 11) is 3.18. The Bertz CT molecular complexity index is 1270. The van der Waals surface area contributed by atoms with Crippen LogP contribution >= 0.6 is 22.9 Å². The van der Waals surface area contributed by atoms with Crippen LogP contribution < -0.4 is 14.8 Å². The van der Waals surface area contributed by atoms with Crippen molar-refractivity contribution in [1.29, 1.82) is 0 Å². The van der Waals surface area contributed by atoms with Crippen LogP contribution in [0, 0.1) is 6.92 Å². The third-order valence-corrected chi connectivity index (χ3v) is 5.88. The van der Waals surface area contributed by atoms with Crippen molar-refractivity contribution in [2.75, 3.05) is 19.5 Å². The van der Waals surface area contributed by atoms with E-state index >= 15 is 0 Å². The first-order valence-electron chi connectivity index (χ1n) is 9.56. The van der Waals surface area contributed by atoms with Gasteiger partial charge >= 0.3 is 0 Å². The van der Waals surface area contributed by atoms with Crippen molar-refractivity contribution in [3.8, 4) is 22.8 Å². The number of hydrogen-bond acceptors (Lipinski definition) is 8. The number of halogens is 1. The zero-order chi connectivity index (χ0) is 22.7. The van der Waals surface area contributed by atoms with E-state index < -0.39 is 5.91 Å². The minimum Gasteiger partial charge on any atom is -0.493 e. The van der Waals surface area contributed by atoms with E-state index in [0.717, 1.165) is 10.6 Å². The number of ether oxygens (including phenoxy) is 2. The van der Waals surface area contributed by atoms with E-state index in [1.54, 1.807) is 39.3 Å². The zero-order valence-corrected chi connectivity index (χ0v) is 19.1. The molecule has 0 aliphatic heterocycles. The van der Waals surface area contributed by atoms with Crippen molar-refractivity contribution >= 4 is 34.0 Å². The van der Waals surface area contributed by atoms with Crippen molar-refractivity contribution in [1.82, 2.24) is 15.4 Å². The minimum absolute atomic E-state index is 0.301. The third kappa shape index (κ3) is 4.44. The Morgan fingerprint density at radius 2 is 1.91 bits per heavy atom. The first kappa shape index (κ1) is 21.8. The summed E-state index contributed by atoms with van der Waals surface area (Å²) in [4.78, 5) is 13.0. The summed E-state index contributed by atoms with van der Waals surface area (Å²) >= 11 is 7.56. The average molecular weight is 471 g/mol. The number of rotatable bonds is 7. The fourth-order valence-corrected chi connectivity index (χ4v) is 4.17. The number of carbonyl (C=O) groups is 1. The first-order valence-corrected chi connectivity index (χ1v) is 10.8. The Morgan fingerprint density at radius 3 is 2.66 bits per heavy atom. The second kappa shape index (κ2) is 9.37. The van der Waals surface area contributed by atoms with Crippen LogP contribution in [0.4, 0.5) is 5.13 Å². The van der Waals surface area contributed by atoms with Gasteiger partial charge in [0.1, 0.15) is 22.0 Å². The molecule has 10 heteroatoms. The van der Waals surface area contributed by atoms with Crippen LogP contribution in [0.25, 0.3) is 11.3 Å². The highest BCUT2D eigenvalue weighted by Gasteiger charge is 2.24. The SMILES string of the molecule is COc1ccc(Cc2nnc(NC(=O)c3c(-c4ccccc4Cl)noc3C)s2)cc1OC. The molecule has 2 aromatic heterocycles. The number of aryl methyl sites for hydroxylation is 1. The number of anilines is 1. The molecule has 0 unspecified atom stereocenters. The highest BCUT2D eigenvalue weighted by molar-refractivity contribution is 7.15. The molecule has 0 saturated carbocycles. The van der Waals surface area contributed by atoms with Gasteiger partial charge in [-0.05, 0) is 30.7 Å². The van der Waals surface area contributed by atoms with Crippen molar-refractivity contribution in [2.45, 2.75) is 13.3 Å². The van der Waals surface area contributed by atoms with Gasteiger partial charge in [-0.3, -0.25) is 10.1 Å². The van der Waals surface area contributed by atoms with E-state index in [0.29, 0.717) is 50.7 Å². The van der Waals surface area contributed by atoms with Crippen molar-refractivity contribution in [3.63, 3.8) is 0 Å². The third-order valence-electron chi connectivity index (χ3n) is 4.71. The molecule has 2 heterocycles. The molecule has 4 aromatic rings. The summed E-state index contributed by atoms with van der Waals surface area (Å²) in [6.45, 7) is 1.67. The number of nitrogens with one attached hydrogen (secondary N) is 1. The molecule has 0 radical (unpaired) electrons. The molecule has 0 saturated heterocycles. The lowest BCUT2D eigenvalue weighted by Gasteiger charge is -2.08. The number of hydrogen-bond donors (Lipinski definition) is 1. The lowest BCUT2D eigenvalue weighted by atomic mass is 10.1. The van der Waals surface area contributed by atoms with Crippen molar-refractivity contribution in [2.24, 2.45) is 0 Å². The molecular weight excluding hydrogens is 452 g/mol. The van der Waals surface area contributed by atoms with Crippen LogP contribution in [0.2, 0.25) is 5.02 Å². The van der Waals surface area contributed by atoms with E-state index in [-0.39, 0.29) is 0 Å². The van der Waals surface area contributed by atoms with Crippen LogP contribution in [0.3, 0.4) is 0 Å². The zero-order valence-electron chi connectivity index (χ0n) is 17.5. The van der Waals surface area contributed by atoms with Crippen LogP contribution in [0.5, 0.6) is 11.5 Å². The first-order chi connectivity index (χ1) is 15.5. The summed E-state index contributed by atoms with van der Waals surface area (Å²) in [5.74, 6) is 1.28. The number of carbonyl (C=O) groups excluding carboxylic acids is 1. The van der Waals surface area contributed by atoms with Gasteiger partial charge in [0.05, 0.1) is 19.2 Å². The lowest BCUT2D eigenvalue weighted by molar-refractivity contribution is 0.102. The number of benzene rings is 2. The van der Waals surface area contributed by atoms with E-state index in [1.165, 1.54) is 11.3 Å². The molecule has 164 valence electrons. The van der Waals surface area contributed by atoms with Crippen molar-refractivity contribution < 1.29 is 18.8 Å². The van der Waals surface area contributed by atoms with Crippen LogP contribution in [0.15, 0.2) is 47.0 Å². The monoisotopic (exact) mass is 470 g/mol. The molecule has 0 atom stereocenters. The predicted octanol–water partition coefficient (Wildman–Crippen LogP) is 5.02. The average Bonchev–Trinajstić information content (AvgIpc) is 3.39. The molecule has 4 rings (SSSR count). The van der Waals surface area contributed by atoms with Gasteiger partial charge in [-0.15, -0.1) is 10.2 Å². The molecule has 1 amide bonds. The summed E-state index contributed by atoms with van der Waals surface area (Å²) in [5.41, 5.74) is 2.27. The highest BCUT2D eigenvalue weighted by Crippen LogP contribution is 2.32. The maximum absolute atomic E-state index is 13.0. The van der Waals surface area contributed by atoms with Gasteiger partial charge in [-0.1, -0.05) is 52.4 Å². The fourth-order valence-electron chi connectivity index (χ4n) is 3.18.